The first kappa shape index (κ1) is 19.3. The minimum Gasteiger partial charge on any atom is -0.491 e. The van der Waals surface area contributed by atoms with Crippen molar-refractivity contribution in [3.05, 3.63) is 83.4 Å². The largest absolute Gasteiger partial charge is 0.491 e. The predicted octanol–water partition coefficient (Wildman–Crippen LogP) is 4.14. The lowest BCUT2D eigenvalue weighted by Gasteiger charge is -2.20. The quantitative estimate of drug-likeness (QED) is 0.499. The minimum atomic E-state index is -0.307. The Morgan fingerprint density at radius 3 is 2.74 bits per heavy atom. The van der Waals surface area contributed by atoms with Crippen LogP contribution in [0.4, 0.5) is 4.39 Å². The van der Waals surface area contributed by atoms with Gasteiger partial charge in [0.1, 0.15) is 18.2 Å². The summed E-state index contributed by atoms with van der Waals surface area (Å²) in [6, 6.07) is 16.9. The molecule has 1 N–H and O–H groups in total. The number of fused-ring (bicyclic) bond motifs is 2. The zero-order valence-electron chi connectivity index (χ0n) is 17.5. The highest BCUT2D eigenvalue weighted by Crippen LogP contribution is 2.30. The summed E-state index contributed by atoms with van der Waals surface area (Å²) >= 11 is 0. The van der Waals surface area contributed by atoms with E-state index in [1.807, 2.05) is 30.1 Å². The summed E-state index contributed by atoms with van der Waals surface area (Å²) in [5.41, 5.74) is 6.26. The van der Waals surface area contributed by atoms with Gasteiger partial charge in [-0.3, -0.25) is 4.79 Å². The molecule has 0 bridgehead atoms. The highest BCUT2D eigenvalue weighted by Gasteiger charge is 2.22. The number of imidazole rings is 1. The van der Waals surface area contributed by atoms with Crippen LogP contribution in [0.1, 0.15) is 21.5 Å². The molecule has 31 heavy (non-hydrogen) atoms. The molecule has 0 saturated carbocycles. The van der Waals surface area contributed by atoms with E-state index >= 15 is 0 Å². The van der Waals surface area contributed by atoms with E-state index in [0.717, 1.165) is 33.5 Å². The van der Waals surface area contributed by atoms with Gasteiger partial charge in [-0.2, -0.15) is 0 Å². The van der Waals surface area contributed by atoms with Gasteiger partial charge in [0.25, 0.3) is 5.91 Å². The second-order valence-electron chi connectivity index (χ2n) is 7.98. The number of benzene rings is 3. The second kappa shape index (κ2) is 7.54. The SMILES string of the molecule is Cc1cc(C(=O)N2CCOc3ccc(-c4ccc5c(c4)[nH]c[n+]5C)cc3C2)ccc1F. The molecule has 4 aromatic rings. The number of hydrogen-bond donors (Lipinski definition) is 1. The fraction of sp³-hybridized carbons (Fsp3) is 0.200. The zero-order chi connectivity index (χ0) is 21.5. The number of hydrogen-bond acceptors (Lipinski definition) is 2. The Hall–Kier alpha value is -3.67. The molecule has 1 aromatic heterocycles. The van der Waals surface area contributed by atoms with Gasteiger partial charge in [0.15, 0.2) is 11.0 Å². The molecule has 0 atom stereocenters. The van der Waals surface area contributed by atoms with Crippen molar-refractivity contribution in [2.24, 2.45) is 7.05 Å². The van der Waals surface area contributed by atoms with Gasteiger partial charge in [0, 0.05) is 17.7 Å². The highest BCUT2D eigenvalue weighted by atomic mass is 19.1. The van der Waals surface area contributed by atoms with Crippen molar-refractivity contribution in [3.8, 4) is 16.9 Å². The Morgan fingerprint density at radius 1 is 1.10 bits per heavy atom. The maximum atomic E-state index is 13.6. The molecule has 5 rings (SSSR count). The Labute approximate surface area is 179 Å². The number of nitrogens with one attached hydrogen (secondary N) is 1. The van der Waals surface area contributed by atoms with Crippen LogP contribution in [0.15, 0.2) is 60.9 Å². The first-order valence-corrected chi connectivity index (χ1v) is 10.3. The normalized spacial score (nSPS) is 13.6. The van der Waals surface area contributed by atoms with Gasteiger partial charge >= 0.3 is 0 Å². The number of carbonyl (C=O) groups excluding carboxylic acids is 1. The van der Waals surface area contributed by atoms with Crippen LogP contribution in [-0.2, 0) is 13.6 Å². The smallest absolute Gasteiger partial charge is 0.254 e. The number of aryl methyl sites for hydroxylation is 2. The average Bonchev–Trinajstić information content (AvgIpc) is 3.01. The van der Waals surface area contributed by atoms with E-state index in [2.05, 4.69) is 29.2 Å². The summed E-state index contributed by atoms with van der Waals surface area (Å²) in [6.07, 6.45) is 1.93. The Bertz CT molecular complexity index is 1310. The average molecular weight is 416 g/mol. The van der Waals surface area contributed by atoms with Crippen molar-refractivity contribution in [2.45, 2.75) is 13.5 Å². The summed E-state index contributed by atoms with van der Waals surface area (Å²) < 4.78 is 21.6. The van der Waals surface area contributed by atoms with E-state index in [4.69, 9.17) is 4.74 Å². The lowest BCUT2D eigenvalue weighted by Crippen LogP contribution is -2.32. The van der Waals surface area contributed by atoms with E-state index in [9.17, 15) is 9.18 Å². The molecule has 0 spiro atoms. The molecule has 0 radical (unpaired) electrons. The maximum absolute atomic E-state index is 13.6. The molecule has 6 heteroatoms. The monoisotopic (exact) mass is 416 g/mol. The Morgan fingerprint density at radius 2 is 1.90 bits per heavy atom. The number of amides is 1. The Balaban J connectivity index is 1.46. The fourth-order valence-electron chi connectivity index (χ4n) is 4.08. The van der Waals surface area contributed by atoms with Crippen LogP contribution >= 0.6 is 0 Å². The van der Waals surface area contributed by atoms with Gasteiger partial charge in [-0.05, 0) is 72.1 Å². The number of aromatic amines is 1. The van der Waals surface area contributed by atoms with Gasteiger partial charge in [-0.25, -0.2) is 13.9 Å². The number of nitrogens with zero attached hydrogens (tertiary/aromatic N) is 2. The summed E-state index contributed by atoms with van der Waals surface area (Å²) in [6.45, 7) is 3.01. The van der Waals surface area contributed by atoms with Gasteiger partial charge < -0.3 is 9.64 Å². The molecule has 1 amide bonds. The third-order valence-electron chi connectivity index (χ3n) is 5.86. The van der Waals surface area contributed by atoms with Crippen LogP contribution in [0, 0.1) is 12.7 Å². The van der Waals surface area contributed by atoms with Crippen LogP contribution in [0.5, 0.6) is 5.75 Å². The summed E-state index contributed by atoms with van der Waals surface area (Å²) in [5, 5.41) is 0. The minimum absolute atomic E-state index is 0.120. The first-order valence-electron chi connectivity index (χ1n) is 10.3. The maximum Gasteiger partial charge on any atom is 0.254 e. The van der Waals surface area contributed by atoms with Crippen LogP contribution in [0.2, 0.25) is 0 Å². The first-order chi connectivity index (χ1) is 15.0. The summed E-state index contributed by atoms with van der Waals surface area (Å²) in [5.74, 6) is 0.366. The standard InChI is InChI=1S/C25H22FN3O2/c1-16-11-19(3-6-21(16)26)25(30)29-9-10-31-24-8-5-17(12-20(24)14-29)18-4-7-23-22(13-18)27-15-28(23)2/h3-8,11-13,15H,9-10,14H2,1-2H3/p+1. The zero-order valence-corrected chi connectivity index (χ0v) is 17.5. The van der Waals surface area contributed by atoms with Crippen molar-refractivity contribution < 1.29 is 18.5 Å². The van der Waals surface area contributed by atoms with E-state index in [0.29, 0.717) is 30.8 Å². The third kappa shape index (κ3) is 3.54. The van der Waals surface area contributed by atoms with Crippen molar-refractivity contribution in [2.75, 3.05) is 13.2 Å². The molecule has 1 aliphatic heterocycles. The molecule has 0 aliphatic carbocycles. The number of halogens is 1. The van der Waals surface area contributed by atoms with Crippen molar-refractivity contribution in [1.29, 1.82) is 0 Å². The molecule has 156 valence electrons. The topological polar surface area (TPSA) is 49.2 Å². The van der Waals surface area contributed by atoms with Gasteiger partial charge in [-0.1, -0.05) is 6.07 Å². The third-order valence-corrected chi connectivity index (χ3v) is 5.86. The highest BCUT2D eigenvalue weighted by molar-refractivity contribution is 5.94. The van der Waals surface area contributed by atoms with Crippen LogP contribution in [0.3, 0.4) is 0 Å². The van der Waals surface area contributed by atoms with Gasteiger partial charge in [-0.15, -0.1) is 0 Å². The lowest BCUT2D eigenvalue weighted by molar-refractivity contribution is -0.644. The van der Waals surface area contributed by atoms with E-state index < -0.39 is 0 Å². The van der Waals surface area contributed by atoms with Crippen LogP contribution < -0.4 is 9.30 Å². The fourth-order valence-corrected chi connectivity index (χ4v) is 4.08. The molecular weight excluding hydrogens is 393 g/mol. The van der Waals surface area contributed by atoms with Crippen LogP contribution in [0.25, 0.3) is 22.2 Å². The molecule has 0 saturated heterocycles. The molecule has 1 aliphatic rings. The molecule has 5 nitrogen and oxygen atoms in total. The summed E-state index contributed by atoms with van der Waals surface area (Å²) in [7, 11) is 2.01. The molecular formula is C25H23FN3O2+. The van der Waals surface area contributed by atoms with E-state index in [1.165, 1.54) is 6.07 Å². The van der Waals surface area contributed by atoms with E-state index in [-0.39, 0.29) is 11.7 Å². The molecule has 0 unspecified atom stereocenters. The van der Waals surface area contributed by atoms with E-state index in [1.54, 1.807) is 24.0 Å². The molecule has 0 fully saturated rings. The second-order valence-corrected chi connectivity index (χ2v) is 7.98. The molecule has 2 heterocycles. The predicted molar refractivity (Wildman–Crippen MR) is 116 cm³/mol. The van der Waals surface area contributed by atoms with Crippen LogP contribution in [-0.4, -0.2) is 28.9 Å². The number of ether oxygens (including phenoxy) is 1. The number of aromatic nitrogens is 2. The number of rotatable bonds is 2. The van der Waals surface area contributed by atoms with Crippen molar-refractivity contribution in [3.63, 3.8) is 0 Å². The van der Waals surface area contributed by atoms with Crippen molar-refractivity contribution >= 4 is 16.9 Å². The summed E-state index contributed by atoms with van der Waals surface area (Å²) in [4.78, 5) is 18.1. The Kier molecular flexibility index (Phi) is 4.70. The van der Waals surface area contributed by atoms with Crippen molar-refractivity contribution in [1.82, 2.24) is 9.88 Å². The lowest BCUT2D eigenvalue weighted by atomic mass is 10.0. The van der Waals surface area contributed by atoms with Gasteiger partial charge in [0.05, 0.1) is 13.6 Å². The number of H-pyrrole nitrogens is 1. The molecule has 3 aromatic carbocycles. The number of carbonyl (C=O) groups is 1. The van der Waals surface area contributed by atoms with Gasteiger partial charge in [0.2, 0.25) is 6.33 Å².